The van der Waals surface area contributed by atoms with Crippen LogP contribution in [0.25, 0.3) is 0 Å². The molecule has 0 aliphatic heterocycles. The monoisotopic (exact) mass is 276 g/mol. The summed E-state index contributed by atoms with van der Waals surface area (Å²) in [6, 6.07) is 8.00. The van der Waals surface area contributed by atoms with Crippen molar-refractivity contribution in [3.05, 3.63) is 29.3 Å². The van der Waals surface area contributed by atoms with Crippen LogP contribution in [0.1, 0.15) is 37.8 Å². The minimum atomic E-state index is 0.479. The Morgan fingerprint density at radius 3 is 2.70 bits per heavy atom. The minimum Gasteiger partial charge on any atom is -0.383 e. The highest BCUT2D eigenvalue weighted by molar-refractivity contribution is 5.55. The SMILES string of the molecule is COCCN(c1ccc(C)cc1CNC1CC1)C(C)C. The Morgan fingerprint density at radius 1 is 1.35 bits per heavy atom. The van der Waals surface area contributed by atoms with Crippen LogP contribution in [0, 0.1) is 6.92 Å². The topological polar surface area (TPSA) is 24.5 Å². The van der Waals surface area contributed by atoms with Gasteiger partial charge in [-0.15, -0.1) is 0 Å². The van der Waals surface area contributed by atoms with Crippen molar-refractivity contribution in [3.8, 4) is 0 Å². The van der Waals surface area contributed by atoms with Gasteiger partial charge in [0.1, 0.15) is 0 Å². The number of rotatable bonds is 8. The molecule has 1 aliphatic rings. The van der Waals surface area contributed by atoms with Gasteiger partial charge in [-0.3, -0.25) is 0 Å². The van der Waals surface area contributed by atoms with Gasteiger partial charge in [-0.05, 0) is 45.2 Å². The Bertz CT molecular complexity index is 427. The molecule has 1 aliphatic carbocycles. The van der Waals surface area contributed by atoms with E-state index in [1.54, 1.807) is 7.11 Å². The van der Waals surface area contributed by atoms with Crippen molar-refractivity contribution in [2.24, 2.45) is 0 Å². The number of hydrogen-bond acceptors (Lipinski definition) is 3. The zero-order chi connectivity index (χ0) is 14.5. The maximum atomic E-state index is 5.26. The van der Waals surface area contributed by atoms with E-state index in [9.17, 15) is 0 Å². The Morgan fingerprint density at radius 2 is 2.10 bits per heavy atom. The first-order valence-electron chi connectivity index (χ1n) is 7.70. The number of methoxy groups -OCH3 is 1. The van der Waals surface area contributed by atoms with Crippen LogP contribution in [-0.4, -0.2) is 32.3 Å². The van der Waals surface area contributed by atoms with Gasteiger partial charge in [-0.2, -0.15) is 0 Å². The summed E-state index contributed by atoms with van der Waals surface area (Å²) in [6.45, 7) is 9.33. The molecule has 0 unspecified atom stereocenters. The summed E-state index contributed by atoms with van der Waals surface area (Å²) < 4.78 is 5.26. The lowest BCUT2D eigenvalue weighted by atomic mass is 10.1. The molecule has 0 atom stereocenters. The van der Waals surface area contributed by atoms with E-state index in [4.69, 9.17) is 4.74 Å². The van der Waals surface area contributed by atoms with Gasteiger partial charge in [-0.1, -0.05) is 17.7 Å². The largest absolute Gasteiger partial charge is 0.383 e. The molecule has 3 heteroatoms. The van der Waals surface area contributed by atoms with Gasteiger partial charge in [-0.25, -0.2) is 0 Å². The number of nitrogens with zero attached hydrogens (tertiary/aromatic N) is 1. The van der Waals surface area contributed by atoms with Crippen molar-refractivity contribution in [2.45, 2.75) is 52.2 Å². The molecule has 1 fully saturated rings. The van der Waals surface area contributed by atoms with Gasteiger partial charge in [0.25, 0.3) is 0 Å². The molecule has 1 N–H and O–H groups in total. The third-order valence-corrected chi connectivity index (χ3v) is 3.86. The smallest absolute Gasteiger partial charge is 0.0637 e. The lowest BCUT2D eigenvalue weighted by molar-refractivity contribution is 0.204. The van der Waals surface area contributed by atoms with Crippen LogP contribution < -0.4 is 10.2 Å². The molecule has 0 bridgehead atoms. The Kier molecular flexibility index (Phi) is 5.44. The van der Waals surface area contributed by atoms with E-state index in [0.29, 0.717) is 6.04 Å². The molecule has 1 saturated carbocycles. The highest BCUT2D eigenvalue weighted by atomic mass is 16.5. The number of anilines is 1. The predicted octanol–water partition coefficient (Wildman–Crippen LogP) is 3.11. The summed E-state index contributed by atoms with van der Waals surface area (Å²) in [4.78, 5) is 2.44. The van der Waals surface area contributed by atoms with Crippen molar-refractivity contribution in [1.29, 1.82) is 0 Å². The third-order valence-electron chi connectivity index (χ3n) is 3.86. The molecule has 2 rings (SSSR count). The van der Waals surface area contributed by atoms with E-state index in [1.165, 1.54) is 29.7 Å². The number of ether oxygens (including phenoxy) is 1. The average molecular weight is 276 g/mol. The Balaban J connectivity index is 2.16. The van der Waals surface area contributed by atoms with Crippen molar-refractivity contribution in [1.82, 2.24) is 5.32 Å². The first kappa shape index (κ1) is 15.3. The molecular weight excluding hydrogens is 248 g/mol. The van der Waals surface area contributed by atoms with Gasteiger partial charge in [0.05, 0.1) is 6.61 Å². The molecule has 0 amide bonds. The van der Waals surface area contributed by atoms with E-state index < -0.39 is 0 Å². The summed E-state index contributed by atoms with van der Waals surface area (Å²) in [6.07, 6.45) is 2.66. The van der Waals surface area contributed by atoms with Crippen molar-refractivity contribution < 1.29 is 4.74 Å². The fourth-order valence-corrected chi connectivity index (χ4v) is 2.52. The zero-order valence-corrected chi connectivity index (χ0v) is 13.3. The van der Waals surface area contributed by atoms with Gasteiger partial charge in [0, 0.05) is 38.0 Å². The molecule has 3 nitrogen and oxygen atoms in total. The third kappa shape index (κ3) is 4.22. The fourth-order valence-electron chi connectivity index (χ4n) is 2.52. The normalized spacial score (nSPS) is 14.8. The minimum absolute atomic E-state index is 0.479. The van der Waals surface area contributed by atoms with Crippen LogP contribution in [0.15, 0.2) is 18.2 Å². The molecular formula is C17H28N2O. The van der Waals surface area contributed by atoms with E-state index in [2.05, 4.69) is 49.2 Å². The number of benzene rings is 1. The number of nitrogens with one attached hydrogen (secondary N) is 1. The Hall–Kier alpha value is -1.06. The van der Waals surface area contributed by atoms with Gasteiger partial charge < -0.3 is 15.0 Å². The molecule has 0 aromatic heterocycles. The van der Waals surface area contributed by atoms with Crippen molar-refractivity contribution >= 4 is 5.69 Å². The highest BCUT2D eigenvalue weighted by Crippen LogP contribution is 2.26. The molecule has 20 heavy (non-hydrogen) atoms. The summed E-state index contributed by atoms with van der Waals surface area (Å²) in [5, 5.41) is 3.63. The van der Waals surface area contributed by atoms with Gasteiger partial charge in [0.15, 0.2) is 0 Å². The average Bonchev–Trinajstić information content (AvgIpc) is 3.22. The quantitative estimate of drug-likeness (QED) is 0.789. The first-order chi connectivity index (χ1) is 9.61. The van der Waals surface area contributed by atoms with Crippen LogP contribution in [0.4, 0.5) is 5.69 Å². The van der Waals surface area contributed by atoms with E-state index in [0.717, 1.165) is 25.7 Å². The number of aryl methyl sites for hydroxylation is 1. The van der Waals surface area contributed by atoms with Gasteiger partial charge in [0.2, 0.25) is 0 Å². The van der Waals surface area contributed by atoms with Gasteiger partial charge >= 0.3 is 0 Å². The van der Waals surface area contributed by atoms with E-state index in [1.807, 2.05) is 0 Å². The van der Waals surface area contributed by atoms with Crippen LogP contribution in [-0.2, 0) is 11.3 Å². The summed E-state index contributed by atoms with van der Waals surface area (Å²) in [5.74, 6) is 0. The lowest BCUT2D eigenvalue weighted by Gasteiger charge is -2.31. The molecule has 112 valence electrons. The second-order valence-corrected chi connectivity index (χ2v) is 6.07. The number of hydrogen-bond donors (Lipinski definition) is 1. The van der Waals surface area contributed by atoms with Crippen LogP contribution in [0.3, 0.4) is 0 Å². The Labute approximate surface area is 123 Å². The van der Waals surface area contributed by atoms with Crippen molar-refractivity contribution in [3.63, 3.8) is 0 Å². The van der Waals surface area contributed by atoms with Crippen LogP contribution in [0.2, 0.25) is 0 Å². The second kappa shape index (κ2) is 7.09. The summed E-state index contributed by atoms with van der Waals surface area (Å²) in [5.41, 5.74) is 4.08. The molecule has 0 saturated heterocycles. The molecule has 0 heterocycles. The zero-order valence-electron chi connectivity index (χ0n) is 13.3. The lowest BCUT2D eigenvalue weighted by Crippen LogP contribution is -2.35. The fraction of sp³-hybridized carbons (Fsp3) is 0.647. The van der Waals surface area contributed by atoms with Crippen LogP contribution >= 0.6 is 0 Å². The first-order valence-corrected chi connectivity index (χ1v) is 7.70. The predicted molar refractivity (Wildman–Crippen MR) is 85.4 cm³/mol. The van der Waals surface area contributed by atoms with Crippen LogP contribution in [0.5, 0.6) is 0 Å². The highest BCUT2D eigenvalue weighted by Gasteiger charge is 2.21. The molecule has 0 radical (unpaired) electrons. The summed E-state index contributed by atoms with van der Waals surface area (Å²) in [7, 11) is 1.77. The molecule has 0 spiro atoms. The molecule has 1 aromatic carbocycles. The summed E-state index contributed by atoms with van der Waals surface area (Å²) >= 11 is 0. The maximum Gasteiger partial charge on any atom is 0.0637 e. The van der Waals surface area contributed by atoms with Crippen molar-refractivity contribution in [2.75, 3.05) is 25.2 Å². The standard InChI is InChI=1S/C17H28N2O/c1-13(2)19(9-10-20-4)17-8-5-14(3)11-15(17)12-18-16-6-7-16/h5,8,11,13,16,18H,6-7,9-10,12H2,1-4H3. The van der Waals surface area contributed by atoms with E-state index >= 15 is 0 Å². The maximum absolute atomic E-state index is 5.26. The molecule has 1 aromatic rings. The second-order valence-electron chi connectivity index (χ2n) is 6.07. The van der Waals surface area contributed by atoms with E-state index in [-0.39, 0.29) is 0 Å².